The van der Waals surface area contributed by atoms with E-state index in [-0.39, 0.29) is 32.8 Å². The molecule has 0 aliphatic heterocycles. The number of phenolic OH excluding ortho intramolecular Hbond substituents is 1. The zero-order chi connectivity index (χ0) is 20.8. The molecule has 0 aliphatic carbocycles. The van der Waals surface area contributed by atoms with Crippen molar-refractivity contribution in [3.8, 4) is 28.0 Å². The van der Waals surface area contributed by atoms with Crippen molar-refractivity contribution < 1.29 is 22.7 Å². The second kappa shape index (κ2) is 7.04. The Labute approximate surface area is 168 Å². The summed E-state index contributed by atoms with van der Waals surface area (Å²) in [5.41, 5.74) is -0.211. The van der Waals surface area contributed by atoms with E-state index < -0.39 is 17.6 Å². The van der Waals surface area contributed by atoms with Crippen LogP contribution < -0.4 is 0 Å². The number of aromatic nitrogens is 1. The van der Waals surface area contributed by atoms with Gasteiger partial charge < -0.3 is 5.11 Å². The van der Waals surface area contributed by atoms with Gasteiger partial charge in [0.15, 0.2) is 0 Å². The van der Waals surface area contributed by atoms with Gasteiger partial charge in [-0.25, -0.2) is 4.39 Å². The molecule has 7 heteroatoms. The van der Waals surface area contributed by atoms with Gasteiger partial charge in [0, 0.05) is 28.3 Å². The molecule has 0 amide bonds. The van der Waals surface area contributed by atoms with Gasteiger partial charge in [0.2, 0.25) is 0 Å². The van der Waals surface area contributed by atoms with Gasteiger partial charge in [0.25, 0.3) is 0 Å². The molecule has 29 heavy (non-hydrogen) atoms. The number of aromatic hydroxyl groups is 1. The number of benzene rings is 3. The number of fused-ring (bicyclic) bond motifs is 1. The second-order valence-corrected chi connectivity index (χ2v) is 6.80. The first-order valence-electron chi connectivity index (χ1n) is 8.50. The Kier molecular flexibility index (Phi) is 4.67. The summed E-state index contributed by atoms with van der Waals surface area (Å²) in [6.07, 6.45) is -3.43. The van der Waals surface area contributed by atoms with Crippen molar-refractivity contribution in [3.05, 3.63) is 83.3 Å². The Morgan fingerprint density at radius 1 is 0.897 bits per heavy atom. The maximum Gasteiger partial charge on any atom is 0.418 e. The molecule has 146 valence electrons. The van der Waals surface area contributed by atoms with Crippen molar-refractivity contribution in [2.45, 2.75) is 6.18 Å². The van der Waals surface area contributed by atoms with E-state index in [0.29, 0.717) is 11.1 Å². The van der Waals surface area contributed by atoms with Crippen molar-refractivity contribution in [2.24, 2.45) is 0 Å². The van der Waals surface area contributed by atoms with E-state index in [2.05, 4.69) is 4.98 Å². The summed E-state index contributed by atoms with van der Waals surface area (Å²) in [7, 11) is 0. The van der Waals surface area contributed by atoms with Crippen molar-refractivity contribution in [3.63, 3.8) is 0 Å². The summed E-state index contributed by atoms with van der Waals surface area (Å²) in [6, 6.07) is 13.8. The minimum Gasteiger partial charge on any atom is -0.508 e. The predicted octanol–water partition coefficient (Wildman–Crippen LogP) is 7.09. The Hall–Kier alpha value is -3.12. The minimum absolute atomic E-state index is 0.0271. The number of alkyl halides is 3. The van der Waals surface area contributed by atoms with Gasteiger partial charge in [-0.1, -0.05) is 41.9 Å². The van der Waals surface area contributed by atoms with Crippen LogP contribution in [0.1, 0.15) is 5.56 Å². The van der Waals surface area contributed by atoms with Gasteiger partial charge in [-0.2, -0.15) is 13.2 Å². The topological polar surface area (TPSA) is 33.1 Å². The van der Waals surface area contributed by atoms with E-state index in [1.54, 1.807) is 12.1 Å². The van der Waals surface area contributed by atoms with Crippen LogP contribution in [0.5, 0.6) is 5.75 Å². The Balaban J connectivity index is 2.17. The molecule has 2 nitrogen and oxygen atoms in total. The molecule has 0 atom stereocenters. The van der Waals surface area contributed by atoms with Crippen LogP contribution in [0.4, 0.5) is 17.6 Å². The predicted molar refractivity (Wildman–Crippen MR) is 104 cm³/mol. The zero-order valence-corrected chi connectivity index (χ0v) is 15.4. The third-order valence-corrected chi connectivity index (χ3v) is 4.88. The fraction of sp³-hybridized carbons (Fsp3) is 0.0455. The summed E-state index contributed by atoms with van der Waals surface area (Å²) in [6.45, 7) is 0. The molecule has 1 aromatic heterocycles. The number of nitrogens with zero attached hydrogens (tertiary/aromatic N) is 1. The summed E-state index contributed by atoms with van der Waals surface area (Å²) in [5.74, 6) is -0.711. The van der Waals surface area contributed by atoms with E-state index in [1.165, 1.54) is 48.7 Å². The lowest BCUT2D eigenvalue weighted by molar-refractivity contribution is -0.136. The van der Waals surface area contributed by atoms with Crippen LogP contribution in [0.15, 0.2) is 66.9 Å². The van der Waals surface area contributed by atoms with Crippen LogP contribution in [-0.2, 0) is 6.18 Å². The summed E-state index contributed by atoms with van der Waals surface area (Å²) in [4.78, 5) is 4.01. The molecule has 0 aliphatic rings. The quantitative estimate of drug-likeness (QED) is 0.353. The maximum absolute atomic E-state index is 14.6. The number of halogens is 5. The third kappa shape index (κ3) is 3.40. The largest absolute Gasteiger partial charge is 0.508 e. The maximum atomic E-state index is 14.6. The highest BCUT2D eigenvalue weighted by atomic mass is 35.5. The van der Waals surface area contributed by atoms with Crippen LogP contribution in [0.25, 0.3) is 33.2 Å². The first-order chi connectivity index (χ1) is 13.8. The van der Waals surface area contributed by atoms with E-state index in [0.717, 1.165) is 6.07 Å². The van der Waals surface area contributed by atoms with Crippen molar-refractivity contribution in [2.75, 3.05) is 0 Å². The normalized spacial score (nSPS) is 11.8. The lowest BCUT2D eigenvalue weighted by atomic mass is 9.91. The molecule has 4 rings (SSSR count). The highest BCUT2D eigenvalue weighted by Crippen LogP contribution is 2.44. The van der Waals surface area contributed by atoms with Crippen molar-refractivity contribution >= 4 is 22.5 Å². The summed E-state index contributed by atoms with van der Waals surface area (Å²) < 4.78 is 55.2. The fourth-order valence-corrected chi connectivity index (χ4v) is 3.63. The third-order valence-electron chi connectivity index (χ3n) is 4.57. The second-order valence-electron chi connectivity index (χ2n) is 6.39. The Bertz CT molecular complexity index is 1220. The van der Waals surface area contributed by atoms with Gasteiger partial charge in [0.1, 0.15) is 11.6 Å². The van der Waals surface area contributed by atoms with Gasteiger partial charge in [0.05, 0.1) is 16.1 Å². The summed E-state index contributed by atoms with van der Waals surface area (Å²) >= 11 is 6.21. The first kappa shape index (κ1) is 19.2. The molecule has 0 saturated heterocycles. The molecular formula is C22H12ClF4NO. The molecule has 0 fully saturated rings. The lowest BCUT2D eigenvalue weighted by Crippen LogP contribution is -2.07. The first-order valence-corrected chi connectivity index (χ1v) is 8.88. The average molecular weight is 418 g/mol. The van der Waals surface area contributed by atoms with Crippen LogP contribution in [0.2, 0.25) is 5.02 Å². The van der Waals surface area contributed by atoms with E-state index in [1.807, 2.05) is 0 Å². The van der Waals surface area contributed by atoms with Crippen LogP contribution in [0, 0.1) is 5.82 Å². The zero-order valence-electron chi connectivity index (χ0n) is 14.6. The number of rotatable bonds is 2. The number of hydrogen-bond donors (Lipinski definition) is 1. The Morgan fingerprint density at radius 2 is 1.62 bits per heavy atom. The van der Waals surface area contributed by atoms with E-state index >= 15 is 0 Å². The highest BCUT2D eigenvalue weighted by Gasteiger charge is 2.34. The van der Waals surface area contributed by atoms with Crippen LogP contribution >= 0.6 is 11.6 Å². The smallest absolute Gasteiger partial charge is 0.418 e. The summed E-state index contributed by atoms with van der Waals surface area (Å²) in [5, 5.41) is 10.2. The van der Waals surface area contributed by atoms with Gasteiger partial charge in [-0.15, -0.1) is 0 Å². The molecule has 0 saturated carbocycles. The van der Waals surface area contributed by atoms with E-state index in [9.17, 15) is 22.7 Å². The number of para-hydroxylation sites is 1. The van der Waals surface area contributed by atoms with Crippen molar-refractivity contribution in [1.29, 1.82) is 0 Å². The highest BCUT2D eigenvalue weighted by molar-refractivity contribution is 6.33. The molecule has 1 heterocycles. The molecule has 3 aromatic carbocycles. The minimum atomic E-state index is -4.61. The standard InChI is InChI=1S/C22H12ClF4NO/c23-17-8-3-9-18(24)20(17)15-11-28-21-14(6-2-7-16(21)22(25,26)27)19(15)12-4-1-5-13(29)10-12/h1-11,29H. The monoisotopic (exact) mass is 417 g/mol. The molecule has 0 unspecified atom stereocenters. The lowest BCUT2D eigenvalue weighted by Gasteiger charge is -2.17. The number of pyridine rings is 1. The Morgan fingerprint density at radius 3 is 2.31 bits per heavy atom. The van der Waals surface area contributed by atoms with Crippen LogP contribution in [0.3, 0.4) is 0 Å². The van der Waals surface area contributed by atoms with Gasteiger partial charge in [-0.05, 0) is 35.9 Å². The average Bonchev–Trinajstić information content (AvgIpc) is 2.66. The van der Waals surface area contributed by atoms with E-state index in [4.69, 9.17) is 11.6 Å². The van der Waals surface area contributed by atoms with Gasteiger partial charge >= 0.3 is 6.18 Å². The number of hydrogen-bond acceptors (Lipinski definition) is 2. The van der Waals surface area contributed by atoms with Crippen molar-refractivity contribution in [1.82, 2.24) is 4.98 Å². The SMILES string of the molecule is Oc1cccc(-c2c(-c3c(F)cccc3Cl)cnc3c(C(F)(F)F)cccc23)c1. The molecule has 0 spiro atoms. The van der Waals surface area contributed by atoms with Crippen LogP contribution in [-0.4, -0.2) is 10.1 Å². The molecule has 0 bridgehead atoms. The molecule has 1 N–H and O–H groups in total. The molecule has 4 aromatic rings. The fourth-order valence-electron chi connectivity index (χ4n) is 3.37. The van der Waals surface area contributed by atoms with Gasteiger partial charge in [-0.3, -0.25) is 4.98 Å². The molecular weight excluding hydrogens is 406 g/mol. The molecule has 0 radical (unpaired) electrons. The number of phenols is 1.